The highest BCUT2D eigenvalue weighted by Gasteiger charge is 2.05. The summed E-state index contributed by atoms with van der Waals surface area (Å²) < 4.78 is 2.22. The Labute approximate surface area is 108 Å². The molecule has 0 saturated heterocycles. The quantitative estimate of drug-likeness (QED) is 0.863. The Bertz CT molecular complexity index is 494. The van der Waals surface area contributed by atoms with Crippen LogP contribution in [0.2, 0.25) is 0 Å². The molecular weight excluding hydrogens is 224 g/mol. The van der Waals surface area contributed by atoms with Gasteiger partial charge >= 0.3 is 0 Å². The van der Waals surface area contributed by atoms with Gasteiger partial charge in [0.2, 0.25) is 0 Å². The van der Waals surface area contributed by atoms with Crippen molar-refractivity contribution in [3.8, 4) is 5.69 Å². The number of benzene rings is 1. The molecule has 1 aromatic heterocycles. The van der Waals surface area contributed by atoms with Crippen LogP contribution in [0.3, 0.4) is 0 Å². The topological polar surface area (TPSA) is 51.2 Å². The molecule has 0 saturated carbocycles. The molecule has 0 aliphatic rings. The molecular formula is C15H20N2O. The van der Waals surface area contributed by atoms with Gasteiger partial charge in [-0.15, -0.1) is 0 Å². The van der Waals surface area contributed by atoms with Crippen LogP contribution in [-0.4, -0.2) is 22.3 Å². The van der Waals surface area contributed by atoms with Gasteiger partial charge < -0.3 is 15.4 Å². The third-order valence-corrected chi connectivity index (χ3v) is 3.20. The zero-order valence-electron chi connectivity index (χ0n) is 10.9. The molecule has 18 heavy (non-hydrogen) atoms. The SMILES string of the molecule is Cc1ccc(C)n1-c1ccc(CC(N)CO)cc1. The predicted molar refractivity (Wildman–Crippen MR) is 74.0 cm³/mol. The average Bonchev–Trinajstić information content (AvgIpc) is 2.70. The molecule has 1 atom stereocenters. The van der Waals surface area contributed by atoms with Crippen molar-refractivity contribution in [2.24, 2.45) is 5.73 Å². The normalized spacial score (nSPS) is 12.7. The summed E-state index contributed by atoms with van der Waals surface area (Å²) in [7, 11) is 0. The van der Waals surface area contributed by atoms with Crippen molar-refractivity contribution < 1.29 is 5.11 Å². The molecule has 2 aromatic rings. The minimum absolute atomic E-state index is 0.0254. The largest absolute Gasteiger partial charge is 0.395 e. The Morgan fingerprint density at radius 3 is 2.11 bits per heavy atom. The second-order valence-corrected chi connectivity index (χ2v) is 4.76. The molecule has 0 aliphatic heterocycles. The summed E-state index contributed by atoms with van der Waals surface area (Å²) >= 11 is 0. The number of aromatic nitrogens is 1. The summed E-state index contributed by atoms with van der Waals surface area (Å²) in [5.41, 5.74) is 10.5. The summed E-state index contributed by atoms with van der Waals surface area (Å²) in [6.07, 6.45) is 0.709. The van der Waals surface area contributed by atoms with Gasteiger partial charge in [-0.1, -0.05) is 12.1 Å². The first kappa shape index (κ1) is 12.9. The van der Waals surface area contributed by atoms with Crippen molar-refractivity contribution in [3.05, 3.63) is 53.3 Å². The fourth-order valence-corrected chi connectivity index (χ4v) is 2.22. The van der Waals surface area contributed by atoms with Crippen LogP contribution in [0.1, 0.15) is 17.0 Å². The van der Waals surface area contributed by atoms with Gasteiger partial charge in [0.05, 0.1) is 6.61 Å². The first-order valence-electron chi connectivity index (χ1n) is 6.22. The van der Waals surface area contributed by atoms with Crippen LogP contribution < -0.4 is 5.73 Å². The van der Waals surface area contributed by atoms with Crippen LogP contribution in [0.4, 0.5) is 0 Å². The van der Waals surface area contributed by atoms with E-state index in [4.69, 9.17) is 10.8 Å². The number of rotatable bonds is 4. The molecule has 0 fully saturated rings. The first-order chi connectivity index (χ1) is 8.61. The standard InChI is InChI=1S/C15H20N2O/c1-11-3-4-12(2)17(11)15-7-5-13(6-8-15)9-14(16)10-18/h3-8,14,18H,9-10,16H2,1-2H3. The minimum atomic E-state index is -0.175. The molecule has 3 N–H and O–H groups in total. The number of hydrogen-bond acceptors (Lipinski definition) is 2. The maximum atomic E-state index is 8.94. The Morgan fingerprint density at radius 1 is 1.06 bits per heavy atom. The highest BCUT2D eigenvalue weighted by molar-refractivity contribution is 5.39. The zero-order valence-corrected chi connectivity index (χ0v) is 10.9. The molecule has 0 amide bonds. The molecule has 0 bridgehead atoms. The van der Waals surface area contributed by atoms with Gasteiger partial charge in [-0.25, -0.2) is 0 Å². The number of aryl methyl sites for hydroxylation is 2. The molecule has 3 nitrogen and oxygen atoms in total. The lowest BCUT2D eigenvalue weighted by Gasteiger charge is -2.12. The smallest absolute Gasteiger partial charge is 0.0585 e. The maximum Gasteiger partial charge on any atom is 0.0585 e. The predicted octanol–water partition coefficient (Wildman–Crippen LogP) is 1.96. The van der Waals surface area contributed by atoms with E-state index < -0.39 is 0 Å². The Morgan fingerprint density at radius 2 is 1.61 bits per heavy atom. The molecule has 1 heterocycles. The van der Waals surface area contributed by atoms with Crippen molar-refractivity contribution in [3.63, 3.8) is 0 Å². The second kappa shape index (κ2) is 5.38. The number of aliphatic hydroxyl groups excluding tert-OH is 1. The number of aliphatic hydroxyl groups is 1. The fraction of sp³-hybridized carbons (Fsp3) is 0.333. The van der Waals surface area contributed by atoms with Gasteiger partial charge in [-0.3, -0.25) is 0 Å². The van der Waals surface area contributed by atoms with Gasteiger partial charge in [-0.05, 0) is 50.1 Å². The molecule has 0 aliphatic carbocycles. The van der Waals surface area contributed by atoms with Crippen molar-refractivity contribution >= 4 is 0 Å². The molecule has 0 spiro atoms. The minimum Gasteiger partial charge on any atom is -0.395 e. The summed E-state index contributed by atoms with van der Waals surface area (Å²) in [6, 6.07) is 12.4. The molecule has 2 rings (SSSR count). The van der Waals surface area contributed by atoms with E-state index in [1.165, 1.54) is 11.4 Å². The van der Waals surface area contributed by atoms with E-state index in [-0.39, 0.29) is 12.6 Å². The van der Waals surface area contributed by atoms with Gasteiger partial charge in [0.15, 0.2) is 0 Å². The van der Waals surface area contributed by atoms with Gasteiger partial charge in [0.25, 0.3) is 0 Å². The van der Waals surface area contributed by atoms with Crippen LogP contribution in [0, 0.1) is 13.8 Å². The maximum absolute atomic E-state index is 8.94. The summed E-state index contributed by atoms with van der Waals surface area (Å²) in [5.74, 6) is 0. The Kier molecular flexibility index (Phi) is 3.84. The first-order valence-corrected chi connectivity index (χ1v) is 6.22. The lowest BCUT2D eigenvalue weighted by molar-refractivity contribution is 0.265. The number of hydrogen-bond donors (Lipinski definition) is 2. The van der Waals surface area contributed by atoms with Crippen LogP contribution in [0.5, 0.6) is 0 Å². The third-order valence-electron chi connectivity index (χ3n) is 3.20. The van der Waals surface area contributed by atoms with Crippen molar-refractivity contribution in [1.29, 1.82) is 0 Å². The molecule has 1 aromatic carbocycles. The highest BCUT2D eigenvalue weighted by atomic mass is 16.3. The Hall–Kier alpha value is -1.58. The third kappa shape index (κ3) is 2.63. The monoisotopic (exact) mass is 244 g/mol. The van der Waals surface area contributed by atoms with E-state index in [9.17, 15) is 0 Å². The second-order valence-electron chi connectivity index (χ2n) is 4.76. The average molecular weight is 244 g/mol. The van der Waals surface area contributed by atoms with E-state index >= 15 is 0 Å². The zero-order chi connectivity index (χ0) is 13.1. The van der Waals surface area contributed by atoms with Gasteiger partial charge in [0.1, 0.15) is 0 Å². The lowest BCUT2D eigenvalue weighted by Crippen LogP contribution is -2.26. The molecule has 1 unspecified atom stereocenters. The lowest BCUT2D eigenvalue weighted by atomic mass is 10.1. The van der Waals surface area contributed by atoms with Crippen molar-refractivity contribution in [1.82, 2.24) is 4.57 Å². The van der Waals surface area contributed by atoms with Crippen LogP contribution in [-0.2, 0) is 6.42 Å². The van der Waals surface area contributed by atoms with E-state index in [1.54, 1.807) is 0 Å². The fourth-order valence-electron chi connectivity index (χ4n) is 2.22. The summed E-state index contributed by atoms with van der Waals surface area (Å²) in [5, 5.41) is 8.94. The molecule has 3 heteroatoms. The number of nitrogens with two attached hydrogens (primary N) is 1. The summed E-state index contributed by atoms with van der Waals surface area (Å²) in [4.78, 5) is 0. The summed E-state index contributed by atoms with van der Waals surface area (Å²) in [6.45, 7) is 4.22. The van der Waals surface area contributed by atoms with E-state index in [1.807, 2.05) is 0 Å². The van der Waals surface area contributed by atoms with Crippen molar-refractivity contribution in [2.75, 3.05) is 6.61 Å². The van der Waals surface area contributed by atoms with Crippen LogP contribution in [0.25, 0.3) is 5.69 Å². The molecule has 96 valence electrons. The van der Waals surface area contributed by atoms with Gasteiger partial charge in [-0.2, -0.15) is 0 Å². The van der Waals surface area contributed by atoms with Gasteiger partial charge in [0, 0.05) is 23.1 Å². The van der Waals surface area contributed by atoms with E-state index in [0.717, 1.165) is 11.3 Å². The van der Waals surface area contributed by atoms with Crippen molar-refractivity contribution in [2.45, 2.75) is 26.3 Å². The molecule has 0 radical (unpaired) electrons. The Balaban J connectivity index is 2.23. The van der Waals surface area contributed by atoms with Crippen LogP contribution >= 0.6 is 0 Å². The van der Waals surface area contributed by atoms with Crippen LogP contribution in [0.15, 0.2) is 36.4 Å². The van der Waals surface area contributed by atoms with E-state index in [0.29, 0.717) is 6.42 Å². The van der Waals surface area contributed by atoms with E-state index in [2.05, 4.69) is 54.8 Å². The number of nitrogens with zero attached hydrogens (tertiary/aromatic N) is 1. The highest BCUT2D eigenvalue weighted by Crippen LogP contribution is 2.17.